The molecule has 0 aromatic heterocycles. The number of benzene rings is 4. The van der Waals surface area contributed by atoms with E-state index in [1.807, 2.05) is 0 Å². The summed E-state index contributed by atoms with van der Waals surface area (Å²) in [6.45, 7) is 7.05. The van der Waals surface area contributed by atoms with Gasteiger partial charge in [0.25, 0.3) is 0 Å². The van der Waals surface area contributed by atoms with Gasteiger partial charge in [-0.05, 0) is 35.0 Å². The Bertz CT molecular complexity index is 1260. The molecule has 0 bridgehead atoms. The van der Waals surface area contributed by atoms with Crippen molar-refractivity contribution in [1.82, 2.24) is 0 Å². The second kappa shape index (κ2) is 19.1. The standard InChI is InChI=1S/C42H57PSi/c1-4-7-10-23-34-44(35-24-11-8-5-2,36-25-12-9-6-3)42-33-22-20-31-40(42)39-30-19-21-32-41(39)43(37-26-15-13-16-27-37)38-28-17-14-18-29-38/h13-22,26-33H,4-12,23-25,34-36H2,1-3H3. The van der Waals surface area contributed by atoms with Gasteiger partial charge in [0.1, 0.15) is 0 Å². The van der Waals surface area contributed by atoms with E-state index in [4.69, 9.17) is 0 Å². The highest BCUT2D eigenvalue weighted by Crippen LogP contribution is 2.39. The van der Waals surface area contributed by atoms with Crippen molar-refractivity contribution in [2.75, 3.05) is 0 Å². The molecular weight excluding hydrogens is 564 g/mol. The summed E-state index contributed by atoms with van der Waals surface area (Å²) in [5.41, 5.74) is 3.00. The topological polar surface area (TPSA) is 0 Å². The highest BCUT2D eigenvalue weighted by atomic mass is 31.1. The van der Waals surface area contributed by atoms with Gasteiger partial charge in [-0.2, -0.15) is 0 Å². The first-order chi connectivity index (χ1) is 21.7. The van der Waals surface area contributed by atoms with Gasteiger partial charge in [-0.15, -0.1) is 0 Å². The molecule has 2 heteroatoms. The van der Waals surface area contributed by atoms with Gasteiger partial charge < -0.3 is 0 Å². The molecule has 0 aliphatic rings. The zero-order valence-corrected chi connectivity index (χ0v) is 29.8. The first-order valence-electron chi connectivity index (χ1n) is 17.8. The van der Waals surface area contributed by atoms with E-state index in [0.717, 1.165) is 0 Å². The van der Waals surface area contributed by atoms with E-state index >= 15 is 0 Å². The fourth-order valence-corrected chi connectivity index (χ4v) is 15.2. The summed E-state index contributed by atoms with van der Waals surface area (Å²) in [4.78, 5) is 0. The quantitative estimate of drug-likeness (QED) is 0.0524. The average molecular weight is 621 g/mol. The van der Waals surface area contributed by atoms with E-state index in [1.165, 1.54) is 122 Å². The Morgan fingerprint density at radius 1 is 0.409 bits per heavy atom. The lowest BCUT2D eigenvalue weighted by molar-refractivity contribution is 0.668. The van der Waals surface area contributed by atoms with Crippen LogP contribution < -0.4 is 21.1 Å². The third kappa shape index (κ3) is 9.51. The minimum absolute atomic E-state index is 0.671. The number of rotatable bonds is 20. The molecule has 4 aromatic rings. The van der Waals surface area contributed by atoms with Crippen LogP contribution in [0.5, 0.6) is 0 Å². The summed E-state index contributed by atoms with van der Waals surface area (Å²) in [7, 11) is -2.43. The fraction of sp³-hybridized carbons (Fsp3) is 0.429. The molecular formula is C42H57PSi. The molecule has 44 heavy (non-hydrogen) atoms. The molecule has 0 radical (unpaired) electrons. The maximum absolute atomic E-state index is 2.59. The molecule has 0 unspecified atom stereocenters. The van der Waals surface area contributed by atoms with Crippen molar-refractivity contribution in [3.8, 4) is 11.1 Å². The van der Waals surface area contributed by atoms with Crippen LogP contribution in [0, 0.1) is 0 Å². The first-order valence-corrected chi connectivity index (χ1v) is 21.8. The third-order valence-electron chi connectivity index (χ3n) is 9.49. The largest absolute Gasteiger partial charge is 0.0875 e. The van der Waals surface area contributed by atoms with E-state index in [-0.39, 0.29) is 0 Å². The summed E-state index contributed by atoms with van der Waals surface area (Å²) in [5, 5.41) is 6.12. The van der Waals surface area contributed by atoms with Crippen LogP contribution in [0.15, 0.2) is 109 Å². The molecule has 0 N–H and O–H groups in total. The molecule has 0 heterocycles. The van der Waals surface area contributed by atoms with Crippen LogP contribution in [-0.4, -0.2) is 8.07 Å². The van der Waals surface area contributed by atoms with Gasteiger partial charge in [0, 0.05) is 0 Å². The maximum atomic E-state index is 2.59. The van der Waals surface area contributed by atoms with Gasteiger partial charge in [0.15, 0.2) is 0 Å². The van der Waals surface area contributed by atoms with Crippen molar-refractivity contribution in [3.05, 3.63) is 109 Å². The summed E-state index contributed by atoms with van der Waals surface area (Å²) in [5.74, 6) is 0. The van der Waals surface area contributed by atoms with Crippen molar-refractivity contribution in [1.29, 1.82) is 0 Å². The second-order valence-electron chi connectivity index (χ2n) is 12.8. The Kier molecular flexibility index (Phi) is 15.0. The molecule has 0 atom stereocenters. The fourth-order valence-electron chi connectivity index (χ4n) is 7.11. The minimum Gasteiger partial charge on any atom is -0.0654 e. The summed E-state index contributed by atoms with van der Waals surface area (Å²) >= 11 is 0. The van der Waals surface area contributed by atoms with Crippen LogP contribution in [0.3, 0.4) is 0 Å². The Labute approximate surface area is 272 Å². The molecule has 0 spiro atoms. The average Bonchev–Trinajstić information content (AvgIpc) is 3.08. The highest BCUT2D eigenvalue weighted by Gasteiger charge is 2.36. The van der Waals surface area contributed by atoms with Crippen LogP contribution in [0.2, 0.25) is 18.1 Å². The van der Waals surface area contributed by atoms with Gasteiger partial charge in [-0.1, -0.05) is 230 Å². The van der Waals surface area contributed by atoms with Gasteiger partial charge in [-0.3, -0.25) is 0 Å². The Hall–Kier alpha value is -2.47. The van der Waals surface area contributed by atoms with Crippen LogP contribution in [0.4, 0.5) is 0 Å². The lowest BCUT2D eigenvalue weighted by Crippen LogP contribution is -2.48. The Balaban J connectivity index is 1.86. The first kappa shape index (κ1) is 34.4. The molecule has 234 valence electrons. The molecule has 0 amide bonds. The van der Waals surface area contributed by atoms with Crippen LogP contribution in [0.1, 0.15) is 97.8 Å². The molecule has 0 saturated carbocycles. The molecule has 0 aliphatic carbocycles. The van der Waals surface area contributed by atoms with Crippen LogP contribution >= 0.6 is 7.92 Å². The maximum Gasteiger partial charge on any atom is 0.0875 e. The lowest BCUT2D eigenvalue weighted by Gasteiger charge is -2.36. The molecule has 0 nitrogen and oxygen atoms in total. The third-order valence-corrected chi connectivity index (χ3v) is 17.5. The van der Waals surface area contributed by atoms with Crippen molar-refractivity contribution in [3.63, 3.8) is 0 Å². The summed E-state index contributed by atoms with van der Waals surface area (Å²) in [6.07, 6.45) is 16.4. The normalized spacial score (nSPS) is 11.7. The van der Waals surface area contributed by atoms with E-state index < -0.39 is 16.0 Å². The zero-order chi connectivity index (χ0) is 30.9. The Morgan fingerprint density at radius 3 is 1.30 bits per heavy atom. The monoisotopic (exact) mass is 620 g/mol. The minimum atomic E-state index is -1.76. The van der Waals surface area contributed by atoms with E-state index in [1.54, 1.807) is 5.19 Å². The smallest absolute Gasteiger partial charge is 0.0654 e. The molecule has 4 aromatic carbocycles. The summed E-state index contributed by atoms with van der Waals surface area (Å²) < 4.78 is 0. The number of hydrogen-bond donors (Lipinski definition) is 0. The van der Waals surface area contributed by atoms with Crippen molar-refractivity contribution < 1.29 is 0 Å². The predicted octanol–water partition coefficient (Wildman–Crippen LogP) is 11.5. The van der Waals surface area contributed by atoms with Crippen LogP contribution in [-0.2, 0) is 0 Å². The SMILES string of the molecule is CCCCCC[Si](CCCCCC)(CCCCCC)c1ccccc1-c1ccccc1P(c1ccccc1)c1ccccc1. The highest BCUT2D eigenvalue weighted by molar-refractivity contribution is 7.80. The van der Waals surface area contributed by atoms with E-state index in [0.29, 0.717) is 0 Å². The molecule has 0 saturated heterocycles. The molecule has 0 fully saturated rings. The summed E-state index contributed by atoms with van der Waals surface area (Å²) in [6, 6.07) is 46.1. The Morgan fingerprint density at radius 2 is 0.818 bits per heavy atom. The van der Waals surface area contributed by atoms with E-state index in [9.17, 15) is 0 Å². The lowest BCUT2D eigenvalue weighted by atomic mass is 10.1. The predicted molar refractivity (Wildman–Crippen MR) is 203 cm³/mol. The van der Waals surface area contributed by atoms with Crippen molar-refractivity contribution >= 4 is 37.1 Å². The van der Waals surface area contributed by atoms with Gasteiger partial charge >= 0.3 is 0 Å². The van der Waals surface area contributed by atoms with Crippen molar-refractivity contribution in [2.24, 2.45) is 0 Å². The number of unbranched alkanes of at least 4 members (excludes halogenated alkanes) is 9. The van der Waals surface area contributed by atoms with Gasteiger partial charge in [0.2, 0.25) is 0 Å². The van der Waals surface area contributed by atoms with Gasteiger partial charge in [0.05, 0.1) is 8.07 Å². The van der Waals surface area contributed by atoms with Gasteiger partial charge in [-0.25, -0.2) is 0 Å². The molecule has 0 aliphatic heterocycles. The van der Waals surface area contributed by atoms with Crippen LogP contribution in [0.25, 0.3) is 11.1 Å². The zero-order valence-electron chi connectivity index (χ0n) is 27.9. The number of hydrogen-bond acceptors (Lipinski definition) is 0. The van der Waals surface area contributed by atoms with Crippen molar-refractivity contribution in [2.45, 2.75) is 116 Å². The second-order valence-corrected chi connectivity index (χ2v) is 19.6. The van der Waals surface area contributed by atoms with E-state index in [2.05, 4.69) is 130 Å². The molecule has 4 rings (SSSR count).